The topological polar surface area (TPSA) is 51.1 Å². The molecule has 0 atom stereocenters. The number of nitrogens with zero attached hydrogens (tertiary/aromatic N) is 1. The minimum Gasteiger partial charge on any atom is -0.322 e. The van der Waals surface area contributed by atoms with Crippen LogP contribution >= 0.6 is 23.1 Å². The number of anilines is 1. The second-order valence-electron chi connectivity index (χ2n) is 6.10. The van der Waals surface area contributed by atoms with Crippen LogP contribution in [-0.2, 0) is 6.54 Å². The van der Waals surface area contributed by atoms with Crippen LogP contribution in [0.5, 0.6) is 0 Å². The lowest BCUT2D eigenvalue weighted by Gasteiger charge is -2.07. The van der Waals surface area contributed by atoms with Gasteiger partial charge in [-0.25, -0.2) is 0 Å². The van der Waals surface area contributed by atoms with E-state index in [9.17, 15) is 9.59 Å². The van der Waals surface area contributed by atoms with Crippen LogP contribution in [0.2, 0.25) is 5.02 Å². The fourth-order valence-electron chi connectivity index (χ4n) is 2.89. The molecule has 1 N–H and O–H groups in total. The van der Waals surface area contributed by atoms with E-state index >= 15 is 0 Å². The van der Waals surface area contributed by atoms with Crippen molar-refractivity contribution in [3.8, 4) is 0 Å². The number of carbonyl (C=O) groups excluding carboxylic acids is 1. The number of hydrogen-bond acceptors (Lipinski definition) is 3. The first-order chi connectivity index (χ1) is 13.1. The lowest BCUT2D eigenvalue weighted by Crippen LogP contribution is -2.11. The zero-order valence-corrected chi connectivity index (χ0v) is 15.8. The molecule has 1 amide bonds. The molecule has 6 heteroatoms. The quantitative estimate of drug-likeness (QED) is 0.528. The third kappa shape index (κ3) is 3.79. The normalized spacial score (nSPS) is 10.9. The van der Waals surface area contributed by atoms with Gasteiger partial charge in [-0.3, -0.25) is 13.5 Å². The second-order valence-corrected chi connectivity index (χ2v) is 7.53. The van der Waals surface area contributed by atoms with Gasteiger partial charge in [0.1, 0.15) is 0 Å². The first-order valence-corrected chi connectivity index (χ1v) is 9.50. The van der Waals surface area contributed by atoms with Crippen LogP contribution in [0, 0.1) is 0 Å². The van der Waals surface area contributed by atoms with Crippen molar-refractivity contribution < 1.29 is 4.79 Å². The van der Waals surface area contributed by atoms with Gasteiger partial charge < -0.3 is 5.32 Å². The Bertz CT molecular complexity index is 1180. The molecule has 1 heterocycles. The predicted octanol–water partition coefficient (Wildman–Crippen LogP) is 5.02. The maximum atomic E-state index is 12.4. The van der Waals surface area contributed by atoms with Crippen LogP contribution in [0.1, 0.15) is 15.9 Å². The smallest absolute Gasteiger partial charge is 0.257 e. The van der Waals surface area contributed by atoms with Crippen molar-refractivity contribution in [1.29, 1.82) is 0 Å². The average molecular weight is 395 g/mol. The van der Waals surface area contributed by atoms with Gasteiger partial charge in [-0.05, 0) is 53.5 Å². The first-order valence-electron chi connectivity index (χ1n) is 8.35. The van der Waals surface area contributed by atoms with Gasteiger partial charge in [0.25, 0.3) is 10.6 Å². The van der Waals surface area contributed by atoms with Crippen molar-refractivity contribution >= 4 is 45.6 Å². The number of amides is 1. The molecule has 0 spiro atoms. The number of benzene rings is 3. The first kappa shape index (κ1) is 17.5. The van der Waals surface area contributed by atoms with E-state index in [-0.39, 0.29) is 10.6 Å². The summed E-state index contributed by atoms with van der Waals surface area (Å²) in [6.07, 6.45) is 0. The van der Waals surface area contributed by atoms with E-state index < -0.39 is 0 Å². The van der Waals surface area contributed by atoms with Gasteiger partial charge in [0.05, 0.1) is 17.4 Å². The van der Waals surface area contributed by atoms with E-state index in [1.165, 1.54) is 11.5 Å². The summed E-state index contributed by atoms with van der Waals surface area (Å²) >= 11 is 7.12. The molecule has 0 aliphatic rings. The molecular formula is C21H15ClN2O2S. The number of hydrogen-bond donors (Lipinski definition) is 1. The Morgan fingerprint density at radius 3 is 2.59 bits per heavy atom. The van der Waals surface area contributed by atoms with E-state index in [0.29, 0.717) is 28.2 Å². The highest BCUT2D eigenvalue weighted by Gasteiger charge is 2.11. The van der Waals surface area contributed by atoms with Crippen molar-refractivity contribution in [3.05, 3.63) is 98.5 Å². The Kier molecular flexibility index (Phi) is 4.79. The van der Waals surface area contributed by atoms with Crippen LogP contribution in [0.3, 0.4) is 0 Å². The van der Waals surface area contributed by atoms with Crippen LogP contribution in [0.15, 0.2) is 77.6 Å². The lowest BCUT2D eigenvalue weighted by atomic mass is 10.2. The molecule has 0 fully saturated rings. The molecular weight excluding hydrogens is 380 g/mol. The van der Waals surface area contributed by atoms with E-state index in [1.807, 2.05) is 40.4 Å². The summed E-state index contributed by atoms with van der Waals surface area (Å²) < 4.78 is 1.94. The van der Waals surface area contributed by atoms with Gasteiger partial charge in [-0.1, -0.05) is 48.0 Å². The molecule has 0 aliphatic carbocycles. The third-order valence-corrected chi connectivity index (χ3v) is 5.36. The summed E-state index contributed by atoms with van der Waals surface area (Å²) in [6, 6.07) is 22.1. The van der Waals surface area contributed by atoms with Crippen molar-refractivity contribution in [2.24, 2.45) is 0 Å². The SMILES string of the molecule is O=C(Nc1ccc2c(c1)c(=O)sn2Cc1ccccc1)c1cccc(Cl)c1. The number of halogens is 1. The highest BCUT2D eigenvalue weighted by molar-refractivity contribution is 7.05. The molecule has 0 bridgehead atoms. The zero-order chi connectivity index (χ0) is 18.8. The molecule has 134 valence electrons. The molecule has 4 nitrogen and oxygen atoms in total. The molecule has 0 radical (unpaired) electrons. The third-order valence-electron chi connectivity index (χ3n) is 4.19. The summed E-state index contributed by atoms with van der Waals surface area (Å²) in [5, 5.41) is 3.92. The number of fused-ring (bicyclic) bond motifs is 1. The fourth-order valence-corrected chi connectivity index (χ4v) is 4.02. The minimum absolute atomic E-state index is 0.0280. The van der Waals surface area contributed by atoms with Gasteiger partial charge in [0.2, 0.25) is 0 Å². The summed E-state index contributed by atoms with van der Waals surface area (Å²) in [4.78, 5) is 24.8. The Morgan fingerprint density at radius 2 is 1.81 bits per heavy atom. The maximum absolute atomic E-state index is 12.4. The summed E-state index contributed by atoms with van der Waals surface area (Å²) in [5.74, 6) is -0.267. The Morgan fingerprint density at radius 1 is 1.00 bits per heavy atom. The van der Waals surface area contributed by atoms with Crippen LogP contribution in [0.25, 0.3) is 10.9 Å². The second kappa shape index (κ2) is 7.39. The van der Waals surface area contributed by atoms with E-state index in [0.717, 1.165) is 11.1 Å². The minimum atomic E-state index is -0.267. The van der Waals surface area contributed by atoms with Gasteiger partial charge in [0, 0.05) is 16.3 Å². The summed E-state index contributed by atoms with van der Waals surface area (Å²) in [7, 11) is 0. The van der Waals surface area contributed by atoms with Crippen molar-refractivity contribution in [1.82, 2.24) is 3.96 Å². The largest absolute Gasteiger partial charge is 0.322 e. The van der Waals surface area contributed by atoms with Gasteiger partial charge in [-0.2, -0.15) is 0 Å². The predicted molar refractivity (Wildman–Crippen MR) is 111 cm³/mol. The van der Waals surface area contributed by atoms with Crippen molar-refractivity contribution in [3.63, 3.8) is 0 Å². The van der Waals surface area contributed by atoms with Gasteiger partial charge in [0.15, 0.2) is 0 Å². The number of aromatic nitrogens is 1. The molecule has 27 heavy (non-hydrogen) atoms. The van der Waals surface area contributed by atoms with Crippen LogP contribution < -0.4 is 10.1 Å². The molecule has 4 rings (SSSR count). The highest BCUT2D eigenvalue weighted by Crippen LogP contribution is 2.21. The fraction of sp³-hybridized carbons (Fsp3) is 0.0476. The molecule has 3 aromatic carbocycles. The molecule has 0 saturated heterocycles. The highest BCUT2D eigenvalue weighted by atomic mass is 35.5. The van der Waals surface area contributed by atoms with E-state index in [1.54, 1.807) is 36.4 Å². The Labute approximate surface area is 164 Å². The lowest BCUT2D eigenvalue weighted by molar-refractivity contribution is 0.102. The monoisotopic (exact) mass is 394 g/mol. The summed E-state index contributed by atoms with van der Waals surface area (Å²) in [5.41, 5.74) is 3.03. The van der Waals surface area contributed by atoms with Crippen LogP contribution in [0.4, 0.5) is 5.69 Å². The molecule has 4 aromatic rings. The Hall–Kier alpha value is -2.89. The standard InChI is InChI=1S/C21H15ClN2O2S/c22-16-8-4-7-15(11-16)20(25)23-17-9-10-19-18(12-17)21(26)27-24(19)13-14-5-2-1-3-6-14/h1-12H,13H2,(H,23,25). The van der Waals surface area contributed by atoms with E-state index in [4.69, 9.17) is 11.6 Å². The Balaban J connectivity index is 1.62. The number of nitrogens with one attached hydrogen (secondary N) is 1. The van der Waals surface area contributed by atoms with Crippen molar-refractivity contribution in [2.45, 2.75) is 6.54 Å². The molecule has 0 aliphatic heterocycles. The zero-order valence-electron chi connectivity index (χ0n) is 14.2. The van der Waals surface area contributed by atoms with Gasteiger partial charge in [-0.15, -0.1) is 0 Å². The van der Waals surface area contributed by atoms with Crippen molar-refractivity contribution in [2.75, 3.05) is 5.32 Å². The molecule has 0 unspecified atom stereocenters. The van der Waals surface area contributed by atoms with Gasteiger partial charge >= 0.3 is 0 Å². The number of rotatable bonds is 4. The average Bonchev–Trinajstić information content (AvgIpc) is 2.98. The maximum Gasteiger partial charge on any atom is 0.257 e. The molecule has 0 saturated carbocycles. The van der Waals surface area contributed by atoms with E-state index in [2.05, 4.69) is 5.32 Å². The summed E-state index contributed by atoms with van der Waals surface area (Å²) in [6.45, 7) is 0.637. The van der Waals surface area contributed by atoms with Crippen LogP contribution in [-0.4, -0.2) is 9.86 Å². The number of carbonyl (C=O) groups is 1. The molecule has 1 aromatic heterocycles.